The molecule has 86 valence electrons. The summed E-state index contributed by atoms with van der Waals surface area (Å²) in [7, 11) is 0. The van der Waals surface area contributed by atoms with Crippen LogP contribution in [0.4, 0.5) is 5.69 Å². The maximum absolute atomic E-state index is 6.22. The van der Waals surface area contributed by atoms with Crippen molar-refractivity contribution in [1.82, 2.24) is 0 Å². The van der Waals surface area contributed by atoms with Gasteiger partial charge >= 0.3 is 0 Å². The molecule has 1 heterocycles. The van der Waals surface area contributed by atoms with E-state index in [2.05, 4.69) is 37.4 Å². The minimum atomic E-state index is 0.363. The SMILES string of the molecule is Cc1cccc2c1OC1C(C)CCCC1N2. The lowest BCUT2D eigenvalue weighted by atomic mass is 9.83. The number of hydrogen-bond donors (Lipinski definition) is 1. The first-order chi connectivity index (χ1) is 7.75. The van der Waals surface area contributed by atoms with Gasteiger partial charge in [0.15, 0.2) is 0 Å². The van der Waals surface area contributed by atoms with Gasteiger partial charge in [-0.05, 0) is 37.3 Å². The first-order valence-electron chi connectivity index (χ1n) is 6.28. The first kappa shape index (κ1) is 10.0. The number of benzene rings is 1. The average Bonchev–Trinajstić information content (AvgIpc) is 2.28. The van der Waals surface area contributed by atoms with Gasteiger partial charge in [-0.1, -0.05) is 25.5 Å². The summed E-state index contributed by atoms with van der Waals surface area (Å²) in [6.07, 6.45) is 4.22. The molecule has 16 heavy (non-hydrogen) atoms. The van der Waals surface area contributed by atoms with E-state index in [-0.39, 0.29) is 0 Å². The van der Waals surface area contributed by atoms with E-state index in [1.54, 1.807) is 0 Å². The van der Waals surface area contributed by atoms with Gasteiger partial charge in [-0.15, -0.1) is 0 Å². The molecule has 3 atom stereocenters. The molecule has 0 spiro atoms. The second-order valence-electron chi connectivity index (χ2n) is 5.19. The van der Waals surface area contributed by atoms with Gasteiger partial charge in [0.2, 0.25) is 0 Å². The maximum Gasteiger partial charge on any atom is 0.145 e. The minimum absolute atomic E-state index is 0.363. The summed E-state index contributed by atoms with van der Waals surface area (Å²) < 4.78 is 6.22. The largest absolute Gasteiger partial charge is 0.486 e. The van der Waals surface area contributed by atoms with Crippen molar-refractivity contribution in [3.05, 3.63) is 23.8 Å². The molecule has 0 radical (unpaired) electrons. The number of nitrogens with one attached hydrogen (secondary N) is 1. The minimum Gasteiger partial charge on any atom is -0.486 e. The first-order valence-corrected chi connectivity index (χ1v) is 6.28. The molecule has 2 aliphatic rings. The lowest BCUT2D eigenvalue weighted by molar-refractivity contribution is 0.0811. The van der Waals surface area contributed by atoms with Gasteiger partial charge in [0.05, 0.1) is 11.7 Å². The zero-order valence-corrected chi connectivity index (χ0v) is 9.99. The van der Waals surface area contributed by atoms with Crippen molar-refractivity contribution in [3.8, 4) is 5.75 Å². The average molecular weight is 217 g/mol. The number of hydrogen-bond acceptors (Lipinski definition) is 2. The van der Waals surface area contributed by atoms with Gasteiger partial charge in [-0.2, -0.15) is 0 Å². The van der Waals surface area contributed by atoms with Crippen LogP contribution in [0.3, 0.4) is 0 Å². The predicted molar refractivity (Wildman–Crippen MR) is 66.0 cm³/mol. The summed E-state index contributed by atoms with van der Waals surface area (Å²) >= 11 is 0. The molecule has 2 heteroatoms. The fourth-order valence-electron chi connectivity index (χ4n) is 3.00. The summed E-state index contributed by atoms with van der Waals surface area (Å²) in [4.78, 5) is 0. The highest BCUT2D eigenvalue weighted by atomic mass is 16.5. The van der Waals surface area contributed by atoms with Crippen LogP contribution in [-0.2, 0) is 0 Å². The fourth-order valence-corrected chi connectivity index (χ4v) is 3.00. The van der Waals surface area contributed by atoms with Crippen LogP contribution in [0.2, 0.25) is 0 Å². The van der Waals surface area contributed by atoms with E-state index in [4.69, 9.17) is 4.74 Å². The molecule has 3 rings (SSSR count). The van der Waals surface area contributed by atoms with Crippen molar-refractivity contribution >= 4 is 5.69 Å². The molecule has 2 nitrogen and oxygen atoms in total. The maximum atomic E-state index is 6.22. The quantitative estimate of drug-likeness (QED) is 0.719. The third-order valence-corrected chi connectivity index (χ3v) is 3.94. The van der Waals surface area contributed by atoms with Crippen LogP contribution >= 0.6 is 0 Å². The van der Waals surface area contributed by atoms with Crippen LogP contribution in [0.15, 0.2) is 18.2 Å². The Bertz CT molecular complexity index is 402. The molecule has 0 saturated heterocycles. The lowest BCUT2D eigenvalue weighted by Gasteiger charge is -2.42. The molecule has 1 saturated carbocycles. The van der Waals surface area contributed by atoms with Crippen molar-refractivity contribution in [2.45, 2.75) is 45.3 Å². The smallest absolute Gasteiger partial charge is 0.145 e. The number of ether oxygens (including phenoxy) is 1. The molecule has 3 unspecified atom stereocenters. The second kappa shape index (κ2) is 3.69. The van der Waals surface area contributed by atoms with Crippen LogP contribution in [0, 0.1) is 12.8 Å². The molecule has 1 fully saturated rings. The van der Waals surface area contributed by atoms with Crippen molar-refractivity contribution in [2.24, 2.45) is 5.92 Å². The van der Waals surface area contributed by atoms with E-state index in [1.165, 1.54) is 30.5 Å². The molecule has 1 aliphatic heterocycles. The van der Waals surface area contributed by atoms with E-state index in [1.807, 2.05) is 0 Å². The Kier molecular flexibility index (Phi) is 2.31. The van der Waals surface area contributed by atoms with Crippen LogP contribution in [-0.4, -0.2) is 12.1 Å². The summed E-state index contributed by atoms with van der Waals surface area (Å²) in [5.74, 6) is 1.73. The summed E-state index contributed by atoms with van der Waals surface area (Å²) in [5, 5.41) is 3.65. The topological polar surface area (TPSA) is 21.3 Å². The molecule has 1 aromatic carbocycles. The van der Waals surface area contributed by atoms with Gasteiger partial charge in [0.25, 0.3) is 0 Å². The summed E-state index contributed by atoms with van der Waals surface area (Å²) in [5.41, 5.74) is 2.41. The van der Waals surface area contributed by atoms with Crippen LogP contribution in [0.1, 0.15) is 31.7 Å². The van der Waals surface area contributed by atoms with E-state index in [0.717, 1.165) is 5.75 Å². The van der Waals surface area contributed by atoms with Gasteiger partial charge in [-0.25, -0.2) is 0 Å². The van der Waals surface area contributed by atoms with Crippen molar-refractivity contribution < 1.29 is 4.74 Å². The Morgan fingerprint density at radius 1 is 1.31 bits per heavy atom. The van der Waals surface area contributed by atoms with Gasteiger partial charge < -0.3 is 10.1 Å². The Morgan fingerprint density at radius 3 is 3.06 bits per heavy atom. The van der Waals surface area contributed by atoms with Crippen LogP contribution in [0.25, 0.3) is 0 Å². The van der Waals surface area contributed by atoms with E-state index < -0.39 is 0 Å². The number of fused-ring (bicyclic) bond motifs is 2. The second-order valence-corrected chi connectivity index (χ2v) is 5.19. The van der Waals surface area contributed by atoms with Gasteiger partial charge in [0, 0.05) is 0 Å². The van der Waals surface area contributed by atoms with Crippen LogP contribution < -0.4 is 10.1 Å². The molecule has 1 aromatic rings. The third kappa shape index (κ3) is 1.48. The molecule has 0 bridgehead atoms. The number of para-hydroxylation sites is 1. The Hall–Kier alpha value is -1.18. The zero-order valence-electron chi connectivity index (χ0n) is 9.99. The molecule has 1 N–H and O–H groups in total. The van der Waals surface area contributed by atoms with Crippen LogP contribution in [0.5, 0.6) is 5.75 Å². The third-order valence-electron chi connectivity index (χ3n) is 3.94. The van der Waals surface area contributed by atoms with E-state index in [0.29, 0.717) is 18.1 Å². The van der Waals surface area contributed by atoms with Crippen molar-refractivity contribution in [1.29, 1.82) is 0 Å². The van der Waals surface area contributed by atoms with E-state index in [9.17, 15) is 0 Å². The highest BCUT2D eigenvalue weighted by Crippen LogP contribution is 2.40. The molecule has 0 aromatic heterocycles. The Morgan fingerprint density at radius 2 is 2.19 bits per heavy atom. The molecule has 0 amide bonds. The van der Waals surface area contributed by atoms with Gasteiger partial charge in [-0.3, -0.25) is 0 Å². The van der Waals surface area contributed by atoms with E-state index >= 15 is 0 Å². The Balaban J connectivity index is 1.96. The molecular formula is C14H19NO. The van der Waals surface area contributed by atoms with Gasteiger partial charge in [0.1, 0.15) is 11.9 Å². The normalized spacial score (nSPS) is 32.0. The highest BCUT2D eigenvalue weighted by Gasteiger charge is 2.36. The number of aryl methyl sites for hydroxylation is 1. The zero-order chi connectivity index (χ0) is 11.1. The highest BCUT2D eigenvalue weighted by molar-refractivity contribution is 5.62. The molecular weight excluding hydrogens is 198 g/mol. The van der Waals surface area contributed by atoms with Crippen molar-refractivity contribution in [3.63, 3.8) is 0 Å². The number of anilines is 1. The fraction of sp³-hybridized carbons (Fsp3) is 0.571. The summed E-state index contributed by atoms with van der Waals surface area (Å²) in [6.45, 7) is 4.43. The Labute approximate surface area is 97.0 Å². The standard InChI is InChI=1S/C14H19NO/c1-9-5-3-7-11-13(9)16-14-10(2)6-4-8-12(14)15-11/h3,5,7,10,12,14-15H,4,6,8H2,1-2H3. The summed E-state index contributed by atoms with van der Waals surface area (Å²) in [6, 6.07) is 6.85. The lowest BCUT2D eigenvalue weighted by Crippen LogP contribution is -2.48. The monoisotopic (exact) mass is 217 g/mol. The van der Waals surface area contributed by atoms with Crippen molar-refractivity contribution in [2.75, 3.05) is 5.32 Å². The molecule has 1 aliphatic carbocycles. The number of rotatable bonds is 0. The predicted octanol–water partition coefficient (Wildman–Crippen LogP) is 3.36.